The van der Waals surface area contributed by atoms with Crippen molar-refractivity contribution in [3.63, 3.8) is 0 Å². The Balaban J connectivity index is 2.06. The summed E-state index contributed by atoms with van der Waals surface area (Å²) in [6.07, 6.45) is 5.32. The Hall–Kier alpha value is -1.35. The van der Waals surface area contributed by atoms with E-state index < -0.39 is 0 Å². The second-order valence-electron chi connectivity index (χ2n) is 4.26. The number of phenols is 1. The molecule has 3 heteroatoms. The number of aliphatic hydroxyl groups excluding tert-OH is 1. The molecule has 0 saturated heterocycles. The van der Waals surface area contributed by atoms with Crippen LogP contribution in [-0.2, 0) is 0 Å². The van der Waals surface area contributed by atoms with Crippen LogP contribution in [0.3, 0.4) is 0 Å². The van der Waals surface area contributed by atoms with Gasteiger partial charge in [0.05, 0.1) is 12.1 Å². The van der Waals surface area contributed by atoms with E-state index in [4.69, 9.17) is 0 Å². The molecule has 86 valence electrons. The van der Waals surface area contributed by atoms with Crippen LogP contribution in [0.2, 0.25) is 0 Å². The van der Waals surface area contributed by atoms with E-state index in [1.165, 1.54) is 0 Å². The number of rotatable bonds is 2. The van der Waals surface area contributed by atoms with Gasteiger partial charge in [0.1, 0.15) is 5.75 Å². The third-order valence-electron chi connectivity index (χ3n) is 3.04. The fraction of sp³-hybridized carbons (Fsp3) is 0.462. The normalized spacial score (nSPS) is 26.1. The number of phenolic OH excluding ortho intramolecular Hbond substituents is 1. The van der Waals surface area contributed by atoms with Crippen LogP contribution >= 0.6 is 0 Å². The zero-order chi connectivity index (χ0) is 11.4. The molecule has 1 aliphatic carbocycles. The largest absolute Gasteiger partial charge is 0.507 e. The molecule has 1 aromatic rings. The van der Waals surface area contributed by atoms with Gasteiger partial charge in [0, 0.05) is 11.8 Å². The van der Waals surface area contributed by atoms with Gasteiger partial charge in [-0.05, 0) is 25.0 Å². The molecule has 0 radical (unpaired) electrons. The van der Waals surface area contributed by atoms with Crippen molar-refractivity contribution in [1.82, 2.24) is 0 Å². The van der Waals surface area contributed by atoms with Crippen molar-refractivity contribution in [2.24, 2.45) is 4.99 Å². The van der Waals surface area contributed by atoms with Crippen molar-refractivity contribution < 1.29 is 10.2 Å². The van der Waals surface area contributed by atoms with E-state index in [0.29, 0.717) is 5.56 Å². The molecule has 0 aliphatic heterocycles. The summed E-state index contributed by atoms with van der Waals surface area (Å²) in [5.74, 6) is 0.233. The lowest BCUT2D eigenvalue weighted by molar-refractivity contribution is 0.110. The summed E-state index contributed by atoms with van der Waals surface area (Å²) in [6, 6.07) is 7.08. The van der Waals surface area contributed by atoms with Gasteiger partial charge in [0.15, 0.2) is 0 Å². The van der Waals surface area contributed by atoms with Gasteiger partial charge >= 0.3 is 0 Å². The summed E-state index contributed by atoms with van der Waals surface area (Å²) in [5.41, 5.74) is 0.709. The van der Waals surface area contributed by atoms with E-state index in [0.717, 1.165) is 25.7 Å². The van der Waals surface area contributed by atoms with E-state index in [9.17, 15) is 10.2 Å². The quantitative estimate of drug-likeness (QED) is 0.748. The third kappa shape index (κ3) is 2.61. The van der Waals surface area contributed by atoms with Gasteiger partial charge in [-0.3, -0.25) is 4.99 Å². The Kier molecular flexibility index (Phi) is 3.57. The molecular weight excluding hydrogens is 202 g/mol. The van der Waals surface area contributed by atoms with Crippen molar-refractivity contribution in [2.45, 2.75) is 37.8 Å². The van der Waals surface area contributed by atoms with Crippen LogP contribution in [0.15, 0.2) is 29.3 Å². The van der Waals surface area contributed by atoms with Gasteiger partial charge in [0.2, 0.25) is 0 Å². The molecule has 1 saturated carbocycles. The fourth-order valence-corrected chi connectivity index (χ4v) is 2.04. The lowest BCUT2D eigenvalue weighted by Crippen LogP contribution is -2.28. The van der Waals surface area contributed by atoms with Crippen LogP contribution in [0.1, 0.15) is 31.2 Å². The summed E-state index contributed by atoms with van der Waals surface area (Å²) < 4.78 is 0. The summed E-state index contributed by atoms with van der Waals surface area (Å²) >= 11 is 0. The summed E-state index contributed by atoms with van der Waals surface area (Å²) in [5, 5.41) is 19.3. The maximum Gasteiger partial charge on any atom is 0.124 e. The molecular formula is C13H17NO2. The summed E-state index contributed by atoms with van der Waals surface area (Å²) in [6.45, 7) is 0. The molecule has 0 heterocycles. The van der Waals surface area contributed by atoms with Gasteiger partial charge in [0.25, 0.3) is 0 Å². The monoisotopic (exact) mass is 219 g/mol. The number of hydrogen-bond donors (Lipinski definition) is 2. The van der Waals surface area contributed by atoms with Crippen LogP contribution in [0, 0.1) is 0 Å². The molecule has 2 rings (SSSR count). The Morgan fingerprint density at radius 3 is 2.69 bits per heavy atom. The maximum absolute atomic E-state index is 9.74. The van der Waals surface area contributed by atoms with Crippen molar-refractivity contribution in [1.29, 1.82) is 0 Å². The molecule has 2 N–H and O–H groups in total. The van der Waals surface area contributed by atoms with Crippen molar-refractivity contribution in [3.05, 3.63) is 29.8 Å². The molecule has 0 unspecified atom stereocenters. The van der Waals surface area contributed by atoms with Crippen molar-refractivity contribution in [3.8, 4) is 5.75 Å². The third-order valence-corrected chi connectivity index (χ3v) is 3.04. The van der Waals surface area contributed by atoms with Crippen LogP contribution in [-0.4, -0.2) is 28.6 Å². The Bertz CT molecular complexity index is 376. The van der Waals surface area contributed by atoms with Gasteiger partial charge in [-0.2, -0.15) is 0 Å². The minimum atomic E-state index is -0.323. The maximum atomic E-state index is 9.74. The predicted octanol–water partition coefficient (Wildman–Crippen LogP) is 2.11. The highest BCUT2D eigenvalue weighted by Crippen LogP contribution is 2.21. The van der Waals surface area contributed by atoms with Crippen LogP contribution < -0.4 is 0 Å². The number of benzene rings is 1. The van der Waals surface area contributed by atoms with Crippen molar-refractivity contribution >= 4 is 6.21 Å². The minimum Gasteiger partial charge on any atom is -0.507 e. The molecule has 0 amide bonds. The van der Waals surface area contributed by atoms with Crippen LogP contribution in [0.5, 0.6) is 5.75 Å². The zero-order valence-corrected chi connectivity index (χ0v) is 9.21. The fourth-order valence-electron chi connectivity index (χ4n) is 2.04. The highest BCUT2D eigenvalue weighted by Gasteiger charge is 2.21. The number of aliphatic hydroxyl groups is 1. The molecule has 16 heavy (non-hydrogen) atoms. The molecule has 0 bridgehead atoms. The SMILES string of the molecule is Oc1ccccc1C=N[C@@H]1CCCC[C@H]1O. The smallest absolute Gasteiger partial charge is 0.124 e. The standard InChI is InChI=1S/C13H17NO2/c15-12-7-3-1-5-10(12)9-14-11-6-2-4-8-13(11)16/h1,3,5,7,9,11,13,15-16H,2,4,6,8H2/t11-,13-/m1/s1. The van der Waals surface area contributed by atoms with Gasteiger partial charge in [-0.25, -0.2) is 0 Å². The van der Waals surface area contributed by atoms with E-state index in [2.05, 4.69) is 4.99 Å². The Morgan fingerprint density at radius 2 is 1.94 bits per heavy atom. The van der Waals surface area contributed by atoms with Gasteiger partial charge < -0.3 is 10.2 Å². The molecule has 1 aliphatic rings. The lowest BCUT2D eigenvalue weighted by atomic mass is 9.93. The van der Waals surface area contributed by atoms with E-state index in [1.807, 2.05) is 12.1 Å². The second kappa shape index (κ2) is 5.12. The number of para-hydroxylation sites is 1. The highest BCUT2D eigenvalue weighted by atomic mass is 16.3. The number of hydrogen-bond acceptors (Lipinski definition) is 3. The molecule has 1 aromatic carbocycles. The molecule has 1 fully saturated rings. The first-order chi connectivity index (χ1) is 7.77. The number of aromatic hydroxyl groups is 1. The average Bonchev–Trinajstić information content (AvgIpc) is 2.30. The second-order valence-corrected chi connectivity index (χ2v) is 4.26. The first-order valence-corrected chi connectivity index (χ1v) is 5.76. The molecule has 0 aromatic heterocycles. The molecule has 3 nitrogen and oxygen atoms in total. The summed E-state index contributed by atoms with van der Waals surface area (Å²) in [4.78, 5) is 4.36. The van der Waals surface area contributed by atoms with E-state index in [1.54, 1.807) is 18.3 Å². The number of nitrogens with zero attached hydrogens (tertiary/aromatic N) is 1. The lowest BCUT2D eigenvalue weighted by Gasteiger charge is -2.23. The minimum absolute atomic E-state index is 0.00615. The van der Waals surface area contributed by atoms with E-state index >= 15 is 0 Å². The molecule has 2 atom stereocenters. The first kappa shape index (κ1) is 11.1. The van der Waals surface area contributed by atoms with Gasteiger partial charge in [-0.15, -0.1) is 0 Å². The highest BCUT2D eigenvalue weighted by molar-refractivity contribution is 5.83. The van der Waals surface area contributed by atoms with Crippen LogP contribution in [0.25, 0.3) is 0 Å². The number of aliphatic imine (C=N–C) groups is 1. The first-order valence-electron chi connectivity index (χ1n) is 5.76. The van der Waals surface area contributed by atoms with Crippen LogP contribution in [0.4, 0.5) is 0 Å². The van der Waals surface area contributed by atoms with Gasteiger partial charge in [-0.1, -0.05) is 25.0 Å². The average molecular weight is 219 g/mol. The molecule has 0 spiro atoms. The Labute approximate surface area is 95.5 Å². The van der Waals surface area contributed by atoms with Crippen molar-refractivity contribution in [2.75, 3.05) is 0 Å². The zero-order valence-electron chi connectivity index (χ0n) is 9.21. The summed E-state index contributed by atoms with van der Waals surface area (Å²) in [7, 11) is 0. The van der Waals surface area contributed by atoms with E-state index in [-0.39, 0.29) is 17.9 Å². The predicted molar refractivity (Wildman–Crippen MR) is 64.0 cm³/mol. The topological polar surface area (TPSA) is 52.8 Å². The Morgan fingerprint density at radius 1 is 1.19 bits per heavy atom.